The first-order valence-electron chi connectivity index (χ1n) is 6.21. The molecule has 0 radical (unpaired) electrons. The Balaban J connectivity index is 1.99. The number of rotatable bonds is 3. The first-order chi connectivity index (χ1) is 8.88. The van der Waals surface area contributed by atoms with Gasteiger partial charge >= 0.3 is 0 Å². The lowest BCUT2D eigenvalue weighted by Gasteiger charge is -2.11. The van der Waals surface area contributed by atoms with Crippen LogP contribution in [0.1, 0.15) is 24.0 Å². The average Bonchev–Trinajstić information content (AvgIpc) is 2.83. The first-order valence-corrected chi connectivity index (χ1v) is 6.21. The Morgan fingerprint density at radius 1 is 1.22 bits per heavy atom. The summed E-state index contributed by atoms with van der Waals surface area (Å²) < 4.78 is 0. The van der Waals surface area contributed by atoms with Crippen LogP contribution in [0, 0.1) is 0 Å². The zero-order valence-electron chi connectivity index (χ0n) is 10.3. The summed E-state index contributed by atoms with van der Waals surface area (Å²) in [5.74, 6) is 1.17. The molecule has 1 unspecified atom stereocenters. The van der Waals surface area contributed by atoms with Gasteiger partial charge in [-0.1, -0.05) is 30.3 Å². The maximum Gasteiger partial charge on any atom is 0.126 e. The Labute approximate surface area is 107 Å². The summed E-state index contributed by atoms with van der Waals surface area (Å²) in [5.41, 5.74) is 3.48. The zero-order valence-corrected chi connectivity index (χ0v) is 10.3. The Bertz CT molecular complexity index is 576. The fourth-order valence-corrected chi connectivity index (χ4v) is 2.26. The lowest BCUT2D eigenvalue weighted by molar-refractivity contribution is 1.10. The van der Waals surface area contributed by atoms with Crippen molar-refractivity contribution in [1.29, 1.82) is 0 Å². The van der Waals surface area contributed by atoms with E-state index in [1.807, 2.05) is 18.5 Å². The van der Waals surface area contributed by atoms with Gasteiger partial charge in [-0.05, 0) is 24.1 Å². The van der Waals surface area contributed by atoms with E-state index in [2.05, 4.69) is 52.5 Å². The van der Waals surface area contributed by atoms with Gasteiger partial charge in [-0.3, -0.25) is 4.99 Å². The van der Waals surface area contributed by atoms with Crippen molar-refractivity contribution < 1.29 is 0 Å². The number of anilines is 1. The second kappa shape index (κ2) is 4.61. The van der Waals surface area contributed by atoms with Gasteiger partial charge in [0.1, 0.15) is 5.82 Å². The predicted octanol–water partition coefficient (Wildman–Crippen LogP) is 3.36. The second-order valence-corrected chi connectivity index (χ2v) is 4.33. The minimum Gasteiger partial charge on any atom is -0.370 e. The van der Waals surface area contributed by atoms with Crippen LogP contribution in [0.2, 0.25) is 0 Å². The lowest BCUT2D eigenvalue weighted by Crippen LogP contribution is -2.02. The SMILES string of the molecule is CCNc1cc2c(cn1)N=CC2c1ccccc1. The van der Waals surface area contributed by atoms with Crippen LogP contribution in [0.3, 0.4) is 0 Å². The van der Waals surface area contributed by atoms with Crippen molar-refractivity contribution in [2.24, 2.45) is 4.99 Å². The predicted molar refractivity (Wildman–Crippen MR) is 74.8 cm³/mol. The topological polar surface area (TPSA) is 37.3 Å². The standard InChI is InChI=1S/C15H15N3/c1-2-16-15-8-12-13(9-17-14(12)10-18-15)11-6-4-3-5-7-11/h3-10,13H,2H2,1H3,(H,16,18). The Kier molecular flexibility index (Phi) is 2.81. The molecule has 0 saturated heterocycles. The molecule has 2 heterocycles. The fraction of sp³-hybridized carbons (Fsp3) is 0.200. The molecule has 1 aliphatic rings. The smallest absolute Gasteiger partial charge is 0.126 e. The molecule has 90 valence electrons. The van der Waals surface area contributed by atoms with Crippen LogP contribution in [0.25, 0.3) is 0 Å². The first kappa shape index (κ1) is 11.0. The number of fused-ring (bicyclic) bond motifs is 1. The molecule has 0 bridgehead atoms. The molecule has 3 rings (SSSR count). The van der Waals surface area contributed by atoms with E-state index in [0.717, 1.165) is 18.1 Å². The van der Waals surface area contributed by atoms with Gasteiger partial charge < -0.3 is 5.32 Å². The minimum atomic E-state index is 0.251. The largest absolute Gasteiger partial charge is 0.370 e. The third kappa shape index (κ3) is 1.88. The fourth-order valence-electron chi connectivity index (χ4n) is 2.26. The van der Waals surface area contributed by atoms with Crippen LogP contribution in [0.5, 0.6) is 0 Å². The van der Waals surface area contributed by atoms with Crippen molar-refractivity contribution in [3.8, 4) is 0 Å². The molecular formula is C15H15N3. The Hall–Kier alpha value is -2.16. The highest BCUT2D eigenvalue weighted by Gasteiger charge is 2.21. The maximum atomic E-state index is 4.44. The van der Waals surface area contributed by atoms with Gasteiger partial charge in [0.05, 0.1) is 11.9 Å². The summed E-state index contributed by atoms with van der Waals surface area (Å²) in [4.78, 5) is 8.79. The van der Waals surface area contributed by atoms with Gasteiger partial charge in [0.25, 0.3) is 0 Å². The van der Waals surface area contributed by atoms with Crippen LogP contribution >= 0.6 is 0 Å². The van der Waals surface area contributed by atoms with E-state index >= 15 is 0 Å². The Morgan fingerprint density at radius 3 is 2.83 bits per heavy atom. The minimum absolute atomic E-state index is 0.251. The lowest BCUT2D eigenvalue weighted by atomic mass is 9.94. The highest BCUT2D eigenvalue weighted by atomic mass is 15.0. The quantitative estimate of drug-likeness (QED) is 0.888. The summed E-state index contributed by atoms with van der Waals surface area (Å²) in [6, 6.07) is 12.5. The Morgan fingerprint density at radius 2 is 2.06 bits per heavy atom. The maximum absolute atomic E-state index is 4.44. The zero-order chi connectivity index (χ0) is 12.4. The summed E-state index contributed by atoms with van der Waals surface area (Å²) in [6.07, 6.45) is 3.84. The van der Waals surface area contributed by atoms with Crippen LogP contribution in [-0.4, -0.2) is 17.7 Å². The number of pyridine rings is 1. The second-order valence-electron chi connectivity index (χ2n) is 4.33. The van der Waals surface area contributed by atoms with E-state index in [1.165, 1.54) is 11.1 Å². The van der Waals surface area contributed by atoms with Crippen molar-refractivity contribution >= 4 is 17.7 Å². The molecule has 2 aromatic rings. The molecule has 0 spiro atoms. The van der Waals surface area contributed by atoms with Crippen LogP contribution in [-0.2, 0) is 0 Å². The number of hydrogen-bond donors (Lipinski definition) is 1. The van der Waals surface area contributed by atoms with Crippen molar-refractivity contribution in [1.82, 2.24) is 4.98 Å². The van der Waals surface area contributed by atoms with Gasteiger partial charge in [-0.25, -0.2) is 4.98 Å². The molecule has 1 aromatic carbocycles. The molecule has 1 aromatic heterocycles. The van der Waals surface area contributed by atoms with E-state index in [4.69, 9.17) is 0 Å². The van der Waals surface area contributed by atoms with Gasteiger partial charge in [0.2, 0.25) is 0 Å². The third-order valence-electron chi connectivity index (χ3n) is 3.13. The van der Waals surface area contributed by atoms with Crippen molar-refractivity contribution in [3.05, 3.63) is 53.7 Å². The normalized spacial score (nSPS) is 16.6. The van der Waals surface area contributed by atoms with Gasteiger partial charge in [-0.2, -0.15) is 0 Å². The van der Waals surface area contributed by atoms with E-state index in [-0.39, 0.29) is 5.92 Å². The number of aromatic nitrogens is 1. The van der Waals surface area contributed by atoms with E-state index < -0.39 is 0 Å². The molecule has 0 amide bonds. The van der Waals surface area contributed by atoms with E-state index in [1.54, 1.807) is 0 Å². The molecule has 0 aliphatic carbocycles. The molecule has 1 N–H and O–H groups in total. The van der Waals surface area contributed by atoms with Crippen LogP contribution in [0.15, 0.2) is 47.6 Å². The summed E-state index contributed by atoms with van der Waals surface area (Å²) in [5, 5.41) is 3.24. The molecule has 3 nitrogen and oxygen atoms in total. The molecule has 0 saturated carbocycles. The third-order valence-corrected chi connectivity index (χ3v) is 3.13. The molecule has 1 atom stereocenters. The highest BCUT2D eigenvalue weighted by molar-refractivity contribution is 5.84. The average molecular weight is 237 g/mol. The van der Waals surface area contributed by atoms with Gasteiger partial charge in [-0.15, -0.1) is 0 Å². The number of nitrogens with one attached hydrogen (secondary N) is 1. The van der Waals surface area contributed by atoms with Crippen molar-refractivity contribution in [3.63, 3.8) is 0 Å². The summed E-state index contributed by atoms with van der Waals surface area (Å²) >= 11 is 0. The molecule has 0 fully saturated rings. The van der Waals surface area contributed by atoms with Crippen LogP contribution < -0.4 is 5.32 Å². The van der Waals surface area contributed by atoms with Gasteiger partial charge in [0, 0.05) is 18.7 Å². The van der Waals surface area contributed by atoms with E-state index in [9.17, 15) is 0 Å². The highest BCUT2D eigenvalue weighted by Crippen LogP contribution is 2.36. The number of nitrogens with zero attached hydrogens (tertiary/aromatic N) is 2. The van der Waals surface area contributed by atoms with Crippen molar-refractivity contribution in [2.75, 3.05) is 11.9 Å². The molecule has 18 heavy (non-hydrogen) atoms. The number of hydrogen-bond acceptors (Lipinski definition) is 3. The summed E-state index contributed by atoms with van der Waals surface area (Å²) in [6.45, 7) is 2.95. The molecule has 1 aliphatic heterocycles. The monoisotopic (exact) mass is 237 g/mol. The molecule has 3 heteroatoms. The number of benzene rings is 1. The van der Waals surface area contributed by atoms with Gasteiger partial charge in [0.15, 0.2) is 0 Å². The van der Waals surface area contributed by atoms with Crippen LogP contribution in [0.4, 0.5) is 11.5 Å². The number of aliphatic imine (C=N–C) groups is 1. The van der Waals surface area contributed by atoms with Crippen molar-refractivity contribution in [2.45, 2.75) is 12.8 Å². The molecular weight excluding hydrogens is 222 g/mol. The summed E-state index contributed by atoms with van der Waals surface area (Å²) in [7, 11) is 0. The van der Waals surface area contributed by atoms with E-state index in [0.29, 0.717) is 0 Å².